The number of benzene rings is 1. The minimum absolute atomic E-state index is 0.0628. The van der Waals surface area contributed by atoms with Crippen LogP contribution >= 0.6 is 0 Å². The summed E-state index contributed by atoms with van der Waals surface area (Å²) in [7, 11) is 0. The van der Waals surface area contributed by atoms with E-state index in [4.69, 9.17) is 4.74 Å². The molecule has 0 unspecified atom stereocenters. The Morgan fingerprint density at radius 2 is 1.76 bits per heavy atom. The van der Waals surface area contributed by atoms with E-state index in [1.165, 1.54) is 0 Å². The topological polar surface area (TPSA) is 64.1 Å². The normalized spacial score (nSPS) is 14.9. The first-order chi connectivity index (χ1) is 10.3. The minimum atomic E-state index is 0.0628. The highest BCUT2D eigenvalue weighted by molar-refractivity contribution is 5.92. The molecule has 0 spiro atoms. The van der Waals surface area contributed by atoms with Gasteiger partial charge in [-0.3, -0.25) is 4.79 Å². The molecule has 0 bridgehead atoms. The number of hydrogen-bond acceptors (Lipinski definition) is 4. The molecule has 1 aromatic carbocycles. The number of hydrogen-bond donors (Lipinski definition) is 1. The minimum Gasteiger partial charge on any atom is -0.424 e. The zero-order valence-electron chi connectivity index (χ0n) is 11.7. The number of rotatable bonds is 4. The molecule has 3 rings (SSSR count). The highest BCUT2D eigenvalue weighted by atomic mass is 16.5. The molecule has 0 aliphatic heterocycles. The maximum absolute atomic E-state index is 12.0. The molecule has 1 amide bonds. The van der Waals surface area contributed by atoms with Crippen LogP contribution in [0.25, 0.3) is 0 Å². The van der Waals surface area contributed by atoms with Crippen LogP contribution < -0.4 is 10.1 Å². The van der Waals surface area contributed by atoms with Crippen LogP contribution in [0.2, 0.25) is 0 Å². The van der Waals surface area contributed by atoms with Gasteiger partial charge in [0.2, 0.25) is 5.91 Å². The predicted octanol–water partition coefficient (Wildman–Crippen LogP) is 3.40. The number of carbonyl (C=O) groups is 1. The summed E-state index contributed by atoms with van der Waals surface area (Å²) in [5.41, 5.74) is 0.604. The Hall–Kier alpha value is -2.43. The SMILES string of the molecule is O=C(Nc1cnc(Oc2ccccc2)nc1)C1CCCC1. The van der Waals surface area contributed by atoms with E-state index in [9.17, 15) is 4.79 Å². The van der Waals surface area contributed by atoms with Crippen molar-refractivity contribution >= 4 is 11.6 Å². The quantitative estimate of drug-likeness (QED) is 0.934. The molecule has 1 aliphatic carbocycles. The highest BCUT2D eigenvalue weighted by Crippen LogP contribution is 2.26. The molecule has 1 aliphatic rings. The summed E-state index contributed by atoms with van der Waals surface area (Å²) in [6.07, 6.45) is 7.36. The van der Waals surface area contributed by atoms with Crippen LogP contribution in [-0.4, -0.2) is 15.9 Å². The second-order valence-electron chi connectivity index (χ2n) is 5.14. The molecule has 1 saturated carbocycles. The van der Waals surface area contributed by atoms with Crippen molar-refractivity contribution in [2.75, 3.05) is 5.32 Å². The zero-order valence-corrected chi connectivity index (χ0v) is 11.7. The summed E-state index contributed by atoms with van der Waals surface area (Å²) >= 11 is 0. The maximum atomic E-state index is 12.0. The third-order valence-electron chi connectivity index (χ3n) is 3.57. The lowest BCUT2D eigenvalue weighted by atomic mass is 10.1. The molecular formula is C16H17N3O2. The van der Waals surface area contributed by atoms with E-state index in [0.29, 0.717) is 11.4 Å². The molecule has 2 aromatic rings. The number of nitrogens with zero attached hydrogens (tertiary/aromatic N) is 2. The lowest BCUT2D eigenvalue weighted by Gasteiger charge is -2.10. The molecule has 5 heteroatoms. The summed E-state index contributed by atoms with van der Waals surface area (Å²) in [5, 5.41) is 2.86. The van der Waals surface area contributed by atoms with Crippen molar-refractivity contribution in [3.8, 4) is 11.8 Å². The van der Waals surface area contributed by atoms with Gasteiger partial charge in [0.15, 0.2) is 0 Å². The standard InChI is InChI=1S/C16H17N3O2/c20-15(12-6-4-5-7-12)19-13-10-17-16(18-11-13)21-14-8-2-1-3-9-14/h1-3,8-12H,4-7H2,(H,19,20). The number of ether oxygens (including phenoxy) is 1. The number of nitrogens with one attached hydrogen (secondary N) is 1. The molecule has 108 valence electrons. The average Bonchev–Trinajstić information content (AvgIpc) is 3.05. The first-order valence-electron chi connectivity index (χ1n) is 7.17. The number of aromatic nitrogens is 2. The smallest absolute Gasteiger partial charge is 0.322 e. The van der Waals surface area contributed by atoms with Gasteiger partial charge in [0, 0.05) is 5.92 Å². The summed E-state index contributed by atoms with van der Waals surface area (Å²) in [4.78, 5) is 20.2. The van der Waals surface area contributed by atoms with Crippen molar-refractivity contribution in [1.82, 2.24) is 9.97 Å². The van der Waals surface area contributed by atoms with E-state index in [-0.39, 0.29) is 17.8 Å². The molecule has 0 saturated heterocycles. The molecular weight excluding hydrogens is 266 g/mol. The van der Waals surface area contributed by atoms with Crippen LogP contribution in [0.4, 0.5) is 5.69 Å². The van der Waals surface area contributed by atoms with E-state index in [0.717, 1.165) is 25.7 Å². The van der Waals surface area contributed by atoms with Gasteiger partial charge in [-0.2, -0.15) is 0 Å². The van der Waals surface area contributed by atoms with Crippen LogP contribution in [0.3, 0.4) is 0 Å². The molecule has 0 atom stereocenters. The molecule has 1 fully saturated rings. The third kappa shape index (κ3) is 3.56. The van der Waals surface area contributed by atoms with E-state index in [1.807, 2.05) is 30.3 Å². The highest BCUT2D eigenvalue weighted by Gasteiger charge is 2.22. The Kier molecular flexibility index (Phi) is 4.09. The largest absolute Gasteiger partial charge is 0.424 e. The van der Waals surface area contributed by atoms with Crippen LogP contribution in [0.1, 0.15) is 25.7 Å². The summed E-state index contributed by atoms with van der Waals surface area (Å²) in [6.45, 7) is 0. The second-order valence-corrected chi connectivity index (χ2v) is 5.14. The van der Waals surface area contributed by atoms with Crippen molar-refractivity contribution in [2.24, 2.45) is 5.92 Å². The fourth-order valence-corrected chi connectivity index (χ4v) is 2.46. The fraction of sp³-hybridized carbons (Fsp3) is 0.312. The summed E-state index contributed by atoms with van der Waals surface area (Å²) in [5.74, 6) is 0.873. The van der Waals surface area contributed by atoms with Crippen molar-refractivity contribution in [1.29, 1.82) is 0 Å². The van der Waals surface area contributed by atoms with E-state index >= 15 is 0 Å². The van der Waals surface area contributed by atoms with Gasteiger partial charge < -0.3 is 10.1 Å². The Morgan fingerprint density at radius 1 is 1.10 bits per heavy atom. The molecule has 1 aromatic heterocycles. The molecule has 1 heterocycles. The van der Waals surface area contributed by atoms with Crippen molar-refractivity contribution in [3.05, 3.63) is 42.7 Å². The van der Waals surface area contributed by atoms with Gasteiger partial charge in [0.25, 0.3) is 0 Å². The van der Waals surface area contributed by atoms with E-state index in [2.05, 4.69) is 15.3 Å². The molecule has 0 radical (unpaired) electrons. The molecule has 1 N–H and O–H groups in total. The first-order valence-corrected chi connectivity index (χ1v) is 7.17. The van der Waals surface area contributed by atoms with Gasteiger partial charge in [-0.25, -0.2) is 9.97 Å². The van der Waals surface area contributed by atoms with Gasteiger partial charge in [-0.05, 0) is 25.0 Å². The molecule has 5 nitrogen and oxygen atoms in total. The van der Waals surface area contributed by atoms with E-state index < -0.39 is 0 Å². The van der Waals surface area contributed by atoms with Gasteiger partial charge in [-0.15, -0.1) is 0 Å². The number of amides is 1. The van der Waals surface area contributed by atoms with Crippen LogP contribution in [0.5, 0.6) is 11.8 Å². The Balaban J connectivity index is 1.60. The van der Waals surface area contributed by atoms with E-state index in [1.54, 1.807) is 12.4 Å². The van der Waals surface area contributed by atoms with Gasteiger partial charge in [0.1, 0.15) is 5.75 Å². The van der Waals surface area contributed by atoms with Crippen LogP contribution in [0, 0.1) is 5.92 Å². The fourth-order valence-electron chi connectivity index (χ4n) is 2.46. The Morgan fingerprint density at radius 3 is 2.43 bits per heavy atom. The summed E-state index contributed by atoms with van der Waals surface area (Å²) < 4.78 is 5.50. The zero-order chi connectivity index (χ0) is 14.5. The lowest BCUT2D eigenvalue weighted by molar-refractivity contribution is -0.119. The van der Waals surface area contributed by atoms with Crippen molar-refractivity contribution in [2.45, 2.75) is 25.7 Å². The lowest BCUT2D eigenvalue weighted by Crippen LogP contribution is -2.20. The van der Waals surface area contributed by atoms with Gasteiger partial charge >= 0.3 is 6.01 Å². The number of anilines is 1. The molecule has 21 heavy (non-hydrogen) atoms. The second kappa shape index (κ2) is 6.35. The Labute approximate surface area is 123 Å². The monoisotopic (exact) mass is 283 g/mol. The number of para-hydroxylation sites is 1. The van der Waals surface area contributed by atoms with Gasteiger partial charge in [0.05, 0.1) is 18.1 Å². The predicted molar refractivity (Wildman–Crippen MR) is 79.1 cm³/mol. The average molecular weight is 283 g/mol. The number of carbonyl (C=O) groups excluding carboxylic acids is 1. The van der Waals surface area contributed by atoms with Crippen LogP contribution in [0.15, 0.2) is 42.7 Å². The summed E-state index contributed by atoms with van der Waals surface area (Å²) in [6, 6.07) is 9.60. The third-order valence-corrected chi connectivity index (χ3v) is 3.57. The van der Waals surface area contributed by atoms with Gasteiger partial charge in [-0.1, -0.05) is 31.0 Å². The van der Waals surface area contributed by atoms with Crippen molar-refractivity contribution in [3.63, 3.8) is 0 Å². The van der Waals surface area contributed by atoms with Crippen LogP contribution in [-0.2, 0) is 4.79 Å². The maximum Gasteiger partial charge on any atom is 0.322 e. The van der Waals surface area contributed by atoms with Crippen molar-refractivity contribution < 1.29 is 9.53 Å². The first kappa shape index (κ1) is 13.5. The Bertz CT molecular complexity index is 593.